The fraction of sp³-hybridized carbons (Fsp3) is 0.375. The maximum Gasteiger partial charge on any atom is 0.416 e. The minimum atomic E-state index is -4.69. The van der Waals surface area contributed by atoms with Crippen LogP contribution in [0.1, 0.15) is 23.2 Å². The third-order valence-corrected chi connectivity index (χ3v) is 1.81. The van der Waals surface area contributed by atoms with Crippen LogP contribution in [0.4, 0.5) is 22.0 Å². The second-order valence-corrected chi connectivity index (χ2v) is 2.72. The van der Waals surface area contributed by atoms with Gasteiger partial charge in [0.1, 0.15) is 5.69 Å². The van der Waals surface area contributed by atoms with Crippen LogP contribution in [0.15, 0.2) is 12.3 Å². The van der Waals surface area contributed by atoms with Gasteiger partial charge in [-0.05, 0) is 6.07 Å². The topological polar surface area (TPSA) is 38.9 Å². The molecule has 2 nitrogen and oxygen atoms in total. The molecule has 7 heteroatoms. The minimum absolute atomic E-state index is 0.623. The van der Waals surface area contributed by atoms with Crippen molar-refractivity contribution in [1.82, 2.24) is 4.98 Å². The highest BCUT2D eigenvalue weighted by Crippen LogP contribution is 2.34. The van der Waals surface area contributed by atoms with Crippen LogP contribution in [0.25, 0.3) is 0 Å². The summed E-state index contributed by atoms with van der Waals surface area (Å²) in [5.41, 5.74) is 2.29. The van der Waals surface area contributed by atoms with E-state index >= 15 is 0 Å². The number of halogens is 5. The van der Waals surface area contributed by atoms with E-state index in [2.05, 4.69) is 4.98 Å². The quantitative estimate of drug-likeness (QED) is 0.787. The standard InChI is InChI=1S/C8H7F5N2/c9-7(10)6-4(3-14)5(1-2-15-6)8(11,12)13/h1-2,7H,3,14H2. The van der Waals surface area contributed by atoms with Crippen LogP contribution < -0.4 is 5.73 Å². The van der Waals surface area contributed by atoms with Gasteiger partial charge < -0.3 is 5.73 Å². The van der Waals surface area contributed by atoms with Crippen molar-refractivity contribution in [3.8, 4) is 0 Å². The van der Waals surface area contributed by atoms with E-state index in [1.54, 1.807) is 0 Å². The predicted octanol–water partition coefficient (Wildman–Crippen LogP) is 2.50. The number of hydrogen-bond donors (Lipinski definition) is 1. The van der Waals surface area contributed by atoms with E-state index in [1.165, 1.54) is 0 Å². The Bertz CT molecular complexity index is 347. The van der Waals surface area contributed by atoms with Gasteiger partial charge >= 0.3 is 6.18 Å². The van der Waals surface area contributed by atoms with Crippen LogP contribution in [-0.4, -0.2) is 4.98 Å². The third kappa shape index (κ3) is 2.41. The van der Waals surface area contributed by atoms with Gasteiger partial charge in [-0.15, -0.1) is 0 Å². The number of pyridine rings is 1. The Kier molecular flexibility index (Phi) is 3.23. The molecule has 0 bridgehead atoms. The van der Waals surface area contributed by atoms with Crippen LogP contribution in [0.3, 0.4) is 0 Å². The molecule has 1 aromatic heterocycles. The number of hydrogen-bond acceptors (Lipinski definition) is 2. The highest BCUT2D eigenvalue weighted by Gasteiger charge is 2.35. The minimum Gasteiger partial charge on any atom is -0.326 e. The molecule has 0 aliphatic carbocycles. The molecule has 2 N–H and O–H groups in total. The Balaban J connectivity index is 3.35. The van der Waals surface area contributed by atoms with Gasteiger partial charge in [0.15, 0.2) is 0 Å². The summed E-state index contributed by atoms with van der Waals surface area (Å²) < 4.78 is 61.6. The first-order valence-corrected chi connectivity index (χ1v) is 3.91. The Hall–Kier alpha value is -1.24. The van der Waals surface area contributed by atoms with Gasteiger partial charge in [0.05, 0.1) is 5.56 Å². The van der Waals surface area contributed by atoms with Crippen LogP contribution in [-0.2, 0) is 12.7 Å². The normalized spacial score (nSPS) is 12.2. The lowest BCUT2D eigenvalue weighted by atomic mass is 10.1. The molecule has 0 aliphatic rings. The summed E-state index contributed by atoms with van der Waals surface area (Å²) in [5.74, 6) is 0. The van der Waals surface area contributed by atoms with Crippen molar-refractivity contribution >= 4 is 0 Å². The van der Waals surface area contributed by atoms with Crippen molar-refractivity contribution in [2.75, 3.05) is 0 Å². The molecule has 0 amide bonds. The Morgan fingerprint density at radius 1 is 1.33 bits per heavy atom. The molecule has 0 atom stereocenters. The van der Waals surface area contributed by atoms with E-state index in [0.29, 0.717) is 12.3 Å². The predicted molar refractivity (Wildman–Crippen MR) is 42.1 cm³/mol. The molecule has 1 rings (SSSR count). The zero-order valence-corrected chi connectivity index (χ0v) is 7.35. The first-order valence-electron chi connectivity index (χ1n) is 3.91. The molecular formula is C8H7F5N2. The maximum absolute atomic E-state index is 12.4. The number of aromatic nitrogens is 1. The van der Waals surface area contributed by atoms with Crippen molar-refractivity contribution in [2.45, 2.75) is 19.1 Å². The molecule has 0 fully saturated rings. The van der Waals surface area contributed by atoms with Gasteiger partial charge in [-0.3, -0.25) is 4.98 Å². The summed E-state index contributed by atoms with van der Waals surface area (Å²) in [6.07, 6.45) is -7.06. The largest absolute Gasteiger partial charge is 0.416 e. The van der Waals surface area contributed by atoms with E-state index in [1.807, 2.05) is 0 Å². The van der Waals surface area contributed by atoms with Gasteiger partial charge in [-0.25, -0.2) is 8.78 Å². The summed E-state index contributed by atoms with van der Waals surface area (Å²) in [6.45, 7) is -0.623. The lowest BCUT2D eigenvalue weighted by molar-refractivity contribution is -0.138. The van der Waals surface area contributed by atoms with Crippen LogP contribution in [0, 0.1) is 0 Å². The summed E-state index contributed by atoms with van der Waals surface area (Å²) in [5, 5.41) is 0. The monoisotopic (exact) mass is 226 g/mol. The summed E-state index contributed by atoms with van der Waals surface area (Å²) >= 11 is 0. The molecule has 0 radical (unpaired) electrons. The Morgan fingerprint density at radius 2 is 1.93 bits per heavy atom. The molecule has 84 valence electrons. The van der Waals surface area contributed by atoms with Crippen LogP contribution in [0.2, 0.25) is 0 Å². The van der Waals surface area contributed by atoms with E-state index in [4.69, 9.17) is 5.73 Å². The lowest BCUT2D eigenvalue weighted by Gasteiger charge is -2.14. The average molecular weight is 226 g/mol. The second-order valence-electron chi connectivity index (χ2n) is 2.72. The highest BCUT2D eigenvalue weighted by molar-refractivity contribution is 5.32. The molecule has 0 aliphatic heterocycles. The Labute approximate surface area is 81.9 Å². The zero-order chi connectivity index (χ0) is 11.6. The number of alkyl halides is 5. The van der Waals surface area contributed by atoms with Crippen molar-refractivity contribution in [2.24, 2.45) is 5.73 Å². The zero-order valence-electron chi connectivity index (χ0n) is 7.35. The van der Waals surface area contributed by atoms with E-state index in [0.717, 1.165) is 0 Å². The number of nitrogens with two attached hydrogens (primary N) is 1. The first kappa shape index (κ1) is 11.8. The fourth-order valence-corrected chi connectivity index (χ4v) is 1.18. The molecule has 0 saturated heterocycles. The third-order valence-electron chi connectivity index (χ3n) is 1.81. The van der Waals surface area contributed by atoms with Crippen LogP contribution >= 0.6 is 0 Å². The molecule has 15 heavy (non-hydrogen) atoms. The summed E-state index contributed by atoms with van der Waals surface area (Å²) in [6, 6.07) is 0.633. The van der Waals surface area contributed by atoms with Crippen molar-refractivity contribution in [3.63, 3.8) is 0 Å². The lowest BCUT2D eigenvalue weighted by Crippen LogP contribution is -2.15. The first-order chi connectivity index (χ1) is 6.88. The fourth-order valence-electron chi connectivity index (χ4n) is 1.18. The molecule has 1 heterocycles. The molecular weight excluding hydrogens is 219 g/mol. The van der Waals surface area contributed by atoms with E-state index in [9.17, 15) is 22.0 Å². The second kappa shape index (κ2) is 4.09. The molecule has 0 spiro atoms. The summed E-state index contributed by atoms with van der Waals surface area (Å²) in [7, 11) is 0. The van der Waals surface area contributed by atoms with Gasteiger partial charge in [-0.1, -0.05) is 0 Å². The number of rotatable bonds is 2. The number of nitrogens with zero attached hydrogens (tertiary/aromatic N) is 1. The van der Waals surface area contributed by atoms with E-state index in [-0.39, 0.29) is 0 Å². The SMILES string of the molecule is NCc1c(C(F)(F)F)ccnc1C(F)F. The van der Waals surface area contributed by atoms with Crippen molar-refractivity contribution in [1.29, 1.82) is 0 Å². The van der Waals surface area contributed by atoms with Crippen LogP contribution in [0.5, 0.6) is 0 Å². The molecule has 0 saturated carbocycles. The van der Waals surface area contributed by atoms with Gasteiger partial charge in [0, 0.05) is 18.3 Å². The smallest absolute Gasteiger partial charge is 0.326 e. The van der Waals surface area contributed by atoms with Crippen molar-refractivity contribution < 1.29 is 22.0 Å². The van der Waals surface area contributed by atoms with Gasteiger partial charge in [0.25, 0.3) is 6.43 Å². The molecule has 0 aromatic carbocycles. The average Bonchev–Trinajstić information content (AvgIpc) is 2.15. The van der Waals surface area contributed by atoms with Gasteiger partial charge in [-0.2, -0.15) is 13.2 Å². The van der Waals surface area contributed by atoms with E-state index < -0.39 is 36.0 Å². The molecule has 0 unspecified atom stereocenters. The van der Waals surface area contributed by atoms with Gasteiger partial charge in [0.2, 0.25) is 0 Å². The maximum atomic E-state index is 12.4. The highest BCUT2D eigenvalue weighted by atomic mass is 19.4. The van der Waals surface area contributed by atoms with Crippen molar-refractivity contribution in [3.05, 3.63) is 29.1 Å². The molecule has 1 aromatic rings. The summed E-state index contributed by atoms with van der Waals surface area (Å²) in [4.78, 5) is 3.19. The Morgan fingerprint density at radius 3 is 2.33 bits per heavy atom.